The van der Waals surface area contributed by atoms with Gasteiger partial charge < -0.3 is 19.4 Å². The second-order valence-electron chi connectivity index (χ2n) is 7.91. The molecule has 0 radical (unpaired) electrons. The summed E-state index contributed by atoms with van der Waals surface area (Å²) >= 11 is 0. The summed E-state index contributed by atoms with van der Waals surface area (Å²) in [4.78, 5) is 19.7. The summed E-state index contributed by atoms with van der Waals surface area (Å²) in [6.07, 6.45) is 8.69. The van der Waals surface area contributed by atoms with Crippen LogP contribution in [0.4, 0.5) is 0 Å². The zero-order valence-corrected chi connectivity index (χ0v) is 16.1. The normalized spacial score (nSPS) is 21.9. The first kappa shape index (κ1) is 18.2. The first-order valence-corrected chi connectivity index (χ1v) is 9.89. The SMILES string of the molecule is CC(=O)NCCOC1CC(COc2ncnc3c2c(C)cn3CC2CC2)C1. The molecule has 0 unspecified atom stereocenters. The second kappa shape index (κ2) is 7.84. The van der Waals surface area contributed by atoms with Crippen LogP contribution in [0.15, 0.2) is 12.5 Å². The molecule has 4 rings (SSSR count). The quantitative estimate of drug-likeness (QED) is 0.684. The summed E-state index contributed by atoms with van der Waals surface area (Å²) in [6, 6.07) is 0. The minimum absolute atomic E-state index is 0.0177. The predicted molar refractivity (Wildman–Crippen MR) is 102 cm³/mol. The number of rotatable bonds is 9. The zero-order valence-electron chi connectivity index (χ0n) is 16.1. The summed E-state index contributed by atoms with van der Waals surface area (Å²) in [6.45, 7) is 6.46. The number of nitrogens with one attached hydrogen (secondary N) is 1. The van der Waals surface area contributed by atoms with Gasteiger partial charge in [0.15, 0.2) is 0 Å². The summed E-state index contributed by atoms with van der Waals surface area (Å²) < 4.78 is 14.1. The van der Waals surface area contributed by atoms with Gasteiger partial charge >= 0.3 is 0 Å². The molecule has 0 bridgehead atoms. The minimum Gasteiger partial charge on any atom is -0.477 e. The maximum Gasteiger partial charge on any atom is 0.226 e. The topological polar surface area (TPSA) is 78.3 Å². The van der Waals surface area contributed by atoms with Crippen molar-refractivity contribution < 1.29 is 14.3 Å². The van der Waals surface area contributed by atoms with Crippen LogP contribution in [0.3, 0.4) is 0 Å². The number of hydrogen-bond acceptors (Lipinski definition) is 5. The number of fused-ring (bicyclic) bond motifs is 1. The van der Waals surface area contributed by atoms with Crippen LogP contribution in [-0.2, 0) is 16.1 Å². The summed E-state index contributed by atoms with van der Waals surface area (Å²) in [7, 11) is 0. The van der Waals surface area contributed by atoms with E-state index in [4.69, 9.17) is 9.47 Å². The van der Waals surface area contributed by atoms with Crippen molar-refractivity contribution >= 4 is 16.9 Å². The maximum atomic E-state index is 10.8. The Kier molecular flexibility index (Phi) is 5.29. The second-order valence-corrected chi connectivity index (χ2v) is 7.91. The van der Waals surface area contributed by atoms with Gasteiger partial charge in [-0.05, 0) is 50.0 Å². The van der Waals surface area contributed by atoms with E-state index in [0.29, 0.717) is 31.6 Å². The first-order chi connectivity index (χ1) is 13.1. The van der Waals surface area contributed by atoms with E-state index in [1.807, 2.05) is 0 Å². The van der Waals surface area contributed by atoms with Gasteiger partial charge in [-0.3, -0.25) is 4.79 Å². The molecule has 0 saturated heterocycles. The molecule has 1 N–H and O–H groups in total. The van der Waals surface area contributed by atoms with E-state index in [1.165, 1.54) is 25.3 Å². The van der Waals surface area contributed by atoms with Crippen molar-refractivity contribution in [2.75, 3.05) is 19.8 Å². The van der Waals surface area contributed by atoms with Gasteiger partial charge in [0, 0.05) is 26.2 Å². The van der Waals surface area contributed by atoms with E-state index in [0.717, 1.165) is 36.3 Å². The fourth-order valence-corrected chi connectivity index (χ4v) is 3.71. The summed E-state index contributed by atoms with van der Waals surface area (Å²) in [5, 5.41) is 3.78. The Bertz CT molecular complexity index is 809. The Morgan fingerprint density at radius 2 is 2.11 bits per heavy atom. The summed E-state index contributed by atoms with van der Waals surface area (Å²) in [5.74, 6) is 1.98. The Balaban J connectivity index is 1.27. The van der Waals surface area contributed by atoms with E-state index in [1.54, 1.807) is 6.33 Å². The molecule has 2 saturated carbocycles. The number of carbonyl (C=O) groups excluding carboxylic acids is 1. The molecular formula is C20H28N4O3. The highest BCUT2D eigenvalue weighted by molar-refractivity contribution is 5.85. The molecule has 2 aliphatic carbocycles. The van der Waals surface area contributed by atoms with Crippen LogP contribution in [0, 0.1) is 18.8 Å². The lowest BCUT2D eigenvalue weighted by atomic mass is 9.83. The van der Waals surface area contributed by atoms with Crippen molar-refractivity contribution in [3.63, 3.8) is 0 Å². The fourth-order valence-electron chi connectivity index (χ4n) is 3.71. The van der Waals surface area contributed by atoms with Gasteiger partial charge in [0.05, 0.1) is 24.7 Å². The first-order valence-electron chi connectivity index (χ1n) is 9.89. The molecule has 0 aromatic carbocycles. The van der Waals surface area contributed by atoms with Gasteiger partial charge in [-0.2, -0.15) is 0 Å². The van der Waals surface area contributed by atoms with Crippen molar-refractivity contribution in [1.29, 1.82) is 0 Å². The Labute approximate surface area is 159 Å². The van der Waals surface area contributed by atoms with Crippen LogP contribution in [0.5, 0.6) is 5.88 Å². The van der Waals surface area contributed by atoms with Crippen molar-refractivity contribution in [2.45, 2.75) is 52.2 Å². The highest BCUT2D eigenvalue weighted by Gasteiger charge is 2.31. The Morgan fingerprint density at radius 1 is 1.30 bits per heavy atom. The van der Waals surface area contributed by atoms with E-state index in [2.05, 4.69) is 33.0 Å². The number of ether oxygens (including phenoxy) is 2. The number of carbonyl (C=O) groups is 1. The zero-order chi connectivity index (χ0) is 18.8. The molecule has 0 atom stereocenters. The molecule has 1 amide bonds. The lowest BCUT2D eigenvalue weighted by Crippen LogP contribution is -2.37. The lowest BCUT2D eigenvalue weighted by Gasteiger charge is -2.34. The van der Waals surface area contributed by atoms with Crippen molar-refractivity contribution in [3.05, 3.63) is 18.1 Å². The van der Waals surface area contributed by atoms with Crippen LogP contribution in [0.2, 0.25) is 0 Å². The number of aryl methyl sites for hydroxylation is 1. The maximum absolute atomic E-state index is 10.8. The molecule has 2 fully saturated rings. The van der Waals surface area contributed by atoms with Crippen LogP contribution in [0.1, 0.15) is 38.2 Å². The Hall–Kier alpha value is -2.15. The summed E-state index contributed by atoms with van der Waals surface area (Å²) in [5.41, 5.74) is 2.16. The van der Waals surface area contributed by atoms with E-state index >= 15 is 0 Å². The molecule has 0 spiro atoms. The van der Waals surface area contributed by atoms with E-state index in [9.17, 15) is 4.79 Å². The van der Waals surface area contributed by atoms with Crippen LogP contribution in [0.25, 0.3) is 11.0 Å². The van der Waals surface area contributed by atoms with Crippen LogP contribution < -0.4 is 10.1 Å². The molecule has 146 valence electrons. The lowest BCUT2D eigenvalue weighted by molar-refractivity contribution is -0.119. The molecule has 7 heteroatoms. The van der Waals surface area contributed by atoms with E-state index in [-0.39, 0.29) is 12.0 Å². The average Bonchev–Trinajstić information content (AvgIpc) is 3.36. The third-order valence-electron chi connectivity index (χ3n) is 5.44. The van der Waals surface area contributed by atoms with Crippen LogP contribution in [-0.4, -0.2) is 46.3 Å². The standard InChI is InChI=1S/C20H28N4O3/c1-13-9-24(10-15-3-4-15)19-18(13)20(23-12-22-19)27-11-16-7-17(8-16)26-6-5-21-14(2)25/h9,12,15-17H,3-8,10-11H2,1-2H3,(H,21,25). The number of nitrogens with zero attached hydrogens (tertiary/aromatic N) is 3. The van der Waals surface area contributed by atoms with Gasteiger partial charge in [-0.25, -0.2) is 9.97 Å². The van der Waals surface area contributed by atoms with Crippen LogP contribution >= 0.6 is 0 Å². The van der Waals surface area contributed by atoms with Gasteiger partial charge in [-0.1, -0.05) is 0 Å². The van der Waals surface area contributed by atoms with Gasteiger partial charge in [0.25, 0.3) is 0 Å². The highest BCUT2D eigenvalue weighted by atomic mass is 16.5. The molecule has 0 aliphatic heterocycles. The number of hydrogen-bond donors (Lipinski definition) is 1. The molecule has 7 nitrogen and oxygen atoms in total. The third-order valence-corrected chi connectivity index (χ3v) is 5.44. The van der Waals surface area contributed by atoms with E-state index < -0.39 is 0 Å². The third kappa shape index (κ3) is 4.40. The van der Waals surface area contributed by atoms with Gasteiger partial charge in [0.1, 0.15) is 12.0 Å². The molecule has 2 aromatic heterocycles. The van der Waals surface area contributed by atoms with Gasteiger partial charge in [0.2, 0.25) is 11.8 Å². The molecular weight excluding hydrogens is 344 g/mol. The predicted octanol–water partition coefficient (Wildman–Crippen LogP) is 2.46. The average molecular weight is 372 g/mol. The molecule has 2 aromatic rings. The molecule has 2 aliphatic rings. The Morgan fingerprint density at radius 3 is 2.85 bits per heavy atom. The van der Waals surface area contributed by atoms with Crippen molar-refractivity contribution in [3.8, 4) is 5.88 Å². The largest absolute Gasteiger partial charge is 0.477 e. The van der Waals surface area contributed by atoms with Gasteiger partial charge in [-0.15, -0.1) is 0 Å². The minimum atomic E-state index is -0.0177. The monoisotopic (exact) mass is 372 g/mol. The number of amides is 1. The molecule has 2 heterocycles. The number of aromatic nitrogens is 3. The smallest absolute Gasteiger partial charge is 0.226 e. The van der Waals surface area contributed by atoms with Crippen molar-refractivity contribution in [1.82, 2.24) is 19.9 Å². The molecule has 27 heavy (non-hydrogen) atoms. The highest BCUT2D eigenvalue weighted by Crippen LogP contribution is 2.35. The van der Waals surface area contributed by atoms with Crippen molar-refractivity contribution in [2.24, 2.45) is 11.8 Å². The fraction of sp³-hybridized carbons (Fsp3) is 0.650.